The number of nitrogens with two attached hydrogens (primary N) is 1. The number of nitrogens with zero attached hydrogens (tertiary/aromatic N) is 1. The summed E-state index contributed by atoms with van der Waals surface area (Å²) in [6.07, 6.45) is 2.34. The van der Waals surface area contributed by atoms with Crippen LogP contribution in [0, 0.1) is 0 Å². The lowest BCUT2D eigenvalue weighted by atomic mass is 10.2. The number of hydrogen-bond acceptors (Lipinski definition) is 3. The average Bonchev–Trinajstić information content (AvgIpc) is 2.22. The lowest BCUT2D eigenvalue weighted by molar-refractivity contribution is -0.132. The van der Waals surface area contributed by atoms with Gasteiger partial charge >= 0.3 is 0 Å². The van der Waals surface area contributed by atoms with Gasteiger partial charge in [-0.1, -0.05) is 13.0 Å². The SMILES string of the molecule is C=CCN(CCOC)C(=O)C(N)CC. The smallest absolute Gasteiger partial charge is 0.239 e. The molecule has 4 heteroatoms. The molecule has 0 radical (unpaired) electrons. The van der Waals surface area contributed by atoms with Crippen molar-refractivity contribution >= 4 is 5.91 Å². The van der Waals surface area contributed by atoms with Gasteiger partial charge in [0.2, 0.25) is 5.91 Å². The van der Waals surface area contributed by atoms with Crippen LogP contribution in [-0.4, -0.2) is 43.7 Å². The molecule has 14 heavy (non-hydrogen) atoms. The van der Waals surface area contributed by atoms with E-state index >= 15 is 0 Å². The molecule has 0 saturated heterocycles. The molecule has 4 nitrogen and oxygen atoms in total. The maximum atomic E-state index is 11.7. The van der Waals surface area contributed by atoms with E-state index < -0.39 is 6.04 Å². The number of methoxy groups -OCH3 is 1. The number of carbonyl (C=O) groups excluding carboxylic acids is 1. The van der Waals surface area contributed by atoms with Crippen molar-refractivity contribution in [3.8, 4) is 0 Å². The summed E-state index contributed by atoms with van der Waals surface area (Å²) in [6, 6.07) is -0.410. The van der Waals surface area contributed by atoms with E-state index in [0.717, 1.165) is 0 Å². The van der Waals surface area contributed by atoms with Gasteiger partial charge in [0.25, 0.3) is 0 Å². The first-order valence-corrected chi connectivity index (χ1v) is 4.81. The molecule has 1 amide bonds. The Morgan fingerprint density at radius 1 is 1.71 bits per heavy atom. The average molecular weight is 200 g/mol. The highest BCUT2D eigenvalue weighted by Gasteiger charge is 2.17. The van der Waals surface area contributed by atoms with Gasteiger partial charge in [-0.15, -0.1) is 6.58 Å². The highest BCUT2D eigenvalue weighted by molar-refractivity contribution is 5.81. The van der Waals surface area contributed by atoms with Gasteiger partial charge in [-0.05, 0) is 6.42 Å². The summed E-state index contributed by atoms with van der Waals surface area (Å²) < 4.78 is 4.91. The third-order valence-corrected chi connectivity index (χ3v) is 1.98. The highest BCUT2D eigenvalue weighted by atomic mass is 16.5. The van der Waals surface area contributed by atoms with Gasteiger partial charge in [0.05, 0.1) is 12.6 Å². The minimum atomic E-state index is -0.410. The third-order valence-electron chi connectivity index (χ3n) is 1.98. The van der Waals surface area contributed by atoms with E-state index in [2.05, 4.69) is 6.58 Å². The molecule has 0 fully saturated rings. The van der Waals surface area contributed by atoms with Crippen LogP contribution in [0.2, 0.25) is 0 Å². The van der Waals surface area contributed by atoms with Crippen LogP contribution in [0.15, 0.2) is 12.7 Å². The summed E-state index contributed by atoms with van der Waals surface area (Å²) >= 11 is 0. The Morgan fingerprint density at radius 2 is 2.36 bits per heavy atom. The summed E-state index contributed by atoms with van der Waals surface area (Å²) in [5, 5.41) is 0. The standard InChI is InChI=1S/C10H20N2O2/c1-4-6-12(7-8-14-3)10(13)9(11)5-2/h4,9H,1,5-8,11H2,2-3H3. The van der Waals surface area contributed by atoms with Crippen LogP contribution >= 0.6 is 0 Å². The van der Waals surface area contributed by atoms with Crippen molar-refractivity contribution < 1.29 is 9.53 Å². The summed E-state index contributed by atoms with van der Waals surface area (Å²) in [7, 11) is 1.61. The van der Waals surface area contributed by atoms with Gasteiger partial charge in [-0.25, -0.2) is 0 Å². The molecule has 1 atom stereocenters. The lowest BCUT2D eigenvalue weighted by Crippen LogP contribution is -2.44. The molecule has 2 N–H and O–H groups in total. The zero-order chi connectivity index (χ0) is 11.0. The van der Waals surface area contributed by atoms with Crippen molar-refractivity contribution in [2.75, 3.05) is 26.8 Å². The number of ether oxygens (including phenoxy) is 1. The van der Waals surface area contributed by atoms with Crippen LogP contribution in [0.4, 0.5) is 0 Å². The lowest BCUT2D eigenvalue weighted by Gasteiger charge is -2.23. The predicted molar refractivity (Wildman–Crippen MR) is 56.9 cm³/mol. The van der Waals surface area contributed by atoms with Gasteiger partial charge < -0.3 is 15.4 Å². The van der Waals surface area contributed by atoms with Crippen molar-refractivity contribution in [3.05, 3.63) is 12.7 Å². The van der Waals surface area contributed by atoms with Crippen molar-refractivity contribution in [2.24, 2.45) is 5.73 Å². The summed E-state index contributed by atoms with van der Waals surface area (Å²) in [5.41, 5.74) is 5.65. The minimum Gasteiger partial charge on any atom is -0.383 e. The van der Waals surface area contributed by atoms with E-state index in [4.69, 9.17) is 10.5 Å². The van der Waals surface area contributed by atoms with Crippen LogP contribution in [0.1, 0.15) is 13.3 Å². The maximum Gasteiger partial charge on any atom is 0.239 e. The molecule has 0 aromatic carbocycles. The Morgan fingerprint density at radius 3 is 2.79 bits per heavy atom. The Kier molecular flexibility index (Phi) is 7.06. The number of amides is 1. The van der Waals surface area contributed by atoms with Crippen molar-refractivity contribution in [1.29, 1.82) is 0 Å². The minimum absolute atomic E-state index is 0.0375. The number of hydrogen-bond donors (Lipinski definition) is 1. The molecule has 1 unspecified atom stereocenters. The molecule has 0 spiro atoms. The molecular formula is C10H20N2O2. The fourth-order valence-electron chi connectivity index (χ4n) is 1.06. The van der Waals surface area contributed by atoms with Crippen molar-refractivity contribution in [1.82, 2.24) is 4.90 Å². The van der Waals surface area contributed by atoms with Gasteiger partial charge in [0.15, 0.2) is 0 Å². The van der Waals surface area contributed by atoms with E-state index in [0.29, 0.717) is 26.1 Å². The van der Waals surface area contributed by atoms with E-state index in [9.17, 15) is 4.79 Å². The first-order valence-electron chi connectivity index (χ1n) is 4.81. The fourth-order valence-corrected chi connectivity index (χ4v) is 1.06. The Balaban J connectivity index is 4.16. The third kappa shape index (κ3) is 4.39. The topological polar surface area (TPSA) is 55.6 Å². The molecular weight excluding hydrogens is 180 g/mol. The van der Waals surface area contributed by atoms with E-state index in [-0.39, 0.29) is 5.91 Å². The van der Waals surface area contributed by atoms with Gasteiger partial charge in [0, 0.05) is 20.2 Å². The first kappa shape index (κ1) is 13.1. The molecule has 0 aliphatic rings. The second-order valence-electron chi connectivity index (χ2n) is 3.08. The van der Waals surface area contributed by atoms with Crippen LogP contribution in [-0.2, 0) is 9.53 Å². The van der Waals surface area contributed by atoms with E-state index in [1.54, 1.807) is 18.1 Å². The predicted octanol–water partition coefficient (Wildman–Crippen LogP) is 0.385. The Bertz CT molecular complexity index is 183. The van der Waals surface area contributed by atoms with Gasteiger partial charge in [0.1, 0.15) is 0 Å². The zero-order valence-electron chi connectivity index (χ0n) is 9.03. The van der Waals surface area contributed by atoms with Gasteiger partial charge in [-0.3, -0.25) is 4.79 Å². The van der Waals surface area contributed by atoms with E-state index in [1.807, 2.05) is 6.92 Å². The first-order chi connectivity index (χ1) is 6.67. The second-order valence-corrected chi connectivity index (χ2v) is 3.08. The highest BCUT2D eigenvalue weighted by Crippen LogP contribution is 1.97. The molecule has 0 aliphatic heterocycles. The molecule has 0 aromatic rings. The van der Waals surface area contributed by atoms with Crippen LogP contribution in [0.3, 0.4) is 0 Å². The van der Waals surface area contributed by atoms with Crippen LogP contribution in [0.25, 0.3) is 0 Å². The van der Waals surface area contributed by atoms with E-state index in [1.165, 1.54) is 0 Å². The summed E-state index contributed by atoms with van der Waals surface area (Å²) in [5.74, 6) is -0.0375. The Labute approximate surface area is 85.7 Å². The Hall–Kier alpha value is -0.870. The molecule has 0 bridgehead atoms. The maximum absolute atomic E-state index is 11.7. The quantitative estimate of drug-likeness (QED) is 0.605. The molecule has 0 aromatic heterocycles. The molecule has 0 rings (SSSR count). The van der Waals surface area contributed by atoms with Gasteiger partial charge in [-0.2, -0.15) is 0 Å². The molecule has 82 valence electrons. The molecule has 0 saturated carbocycles. The fraction of sp³-hybridized carbons (Fsp3) is 0.700. The monoisotopic (exact) mass is 200 g/mol. The van der Waals surface area contributed by atoms with Crippen molar-refractivity contribution in [2.45, 2.75) is 19.4 Å². The van der Waals surface area contributed by atoms with Crippen LogP contribution < -0.4 is 5.73 Å². The van der Waals surface area contributed by atoms with Crippen molar-refractivity contribution in [3.63, 3.8) is 0 Å². The number of rotatable bonds is 7. The molecule has 0 heterocycles. The molecule has 0 aliphatic carbocycles. The largest absolute Gasteiger partial charge is 0.383 e. The zero-order valence-corrected chi connectivity index (χ0v) is 9.03. The number of carbonyl (C=O) groups is 1. The second kappa shape index (κ2) is 7.53. The normalized spacial score (nSPS) is 12.2. The summed E-state index contributed by atoms with van der Waals surface area (Å²) in [4.78, 5) is 13.3. The summed E-state index contributed by atoms with van der Waals surface area (Å²) in [6.45, 7) is 7.11. The van der Waals surface area contributed by atoms with Crippen LogP contribution in [0.5, 0.6) is 0 Å².